The van der Waals surface area contributed by atoms with Crippen LogP contribution in [-0.2, 0) is 6.54 Å². The van der Waals surface area contributed by atoms with Crippen LogP contribution in [0.5, 0.6) is 0 Å². The second kappa shape index (κ2) is 5.60. The van der Waals surface area contributed by atoms with Gasteiger partial charge in [0.2, 0.25) is 0 Å². The molecule has 2 aromatic heterocycles. The number of hydrogen-bond acceptors (Lipinski definition) is 3. The minimum atomic E-state index is -0.225. The van der Waals surface area contributed by atoms with Crippen molar-refractivity contribution in [3.05, 3.63) is 76.0 Å². The van der Waals surface area contributed by atoms with Crippen LogP contribution in [-0.4, -0.2) is 16.4 Å². The highest BCUT2D eigenvalue weighted by atomic mass is 19.1. The molecule has 1 aromatic carbocycles. The number of pyridine rings is 1. The Bertz CT molecular complexity index is 888. The van der Waals surface area contributed by atoms with Gasteiger partial charge in [-0.2, -0.15) is 0 Å². The van der Waals surface area contributed by atoms with Crippen LogP contribution in [0.25, 0.3) is 5.65 Å². The lowest BCUT2D eigenvalue weighted by Crippen LogP contribution is -2.22. The SMILES string of the molecule is Cc1ccc(CN(C)c2cc(=O)n3ccccc3n2)cc1F. The van der Waals surface area contributed by atoms with E-state index < -0.39 is 0 Å². The zero-order valence-electron chi connectivity index (χ0n) is 12.5. The zero-order chi connectivity index (χ0) is 15.7. The molecule has 4 nitrogen and oxygen atoms in total. The quantitative estimate of drug-likeness (QED) is 0.746. The van der Waals surface area contributed by atoms with Gasteiger partial charge >= 0.3 is 0 Å². The van der Waals surface area contributed by atoms with Crippen molar-refractivity contribution >= 4 is 11.5 Å². The van der Waals surface area contributed by atoms with E-state index in [1.165, 1.54) is 16.5 Å². The van der Waals surface area contributed by atoms with Gasteiger partial charge in [0.05, 0.1) is 0 Å². The number of anilines is 1. The third-order valence-corrected chi connectivity index (χ3v) is 3.60. The fourth-order valence-corrected chi connectivity index (χ4v) is 2.33. The van der Waals surface area contributed by atoms with Crippen molar-refractivity contribution in [3.8, 4) is 0 Å². The third-order valence-electron chi connectivity index (χ3n) is 3.60. The molecule has 5 heteroatoms. The molecule has 22 heavy (non-hydrogen) atoms. The molecule has 0 saturated heterocycles. The Balaban J connectivity index is 1.93. The Morgan fingerprint density at radius 1 is 1.23 bits per heavy atom. The zero-order valence-corrected chi connectivity index (χ0v) is 12.5. The summed E-state index contributed by atoms with van der Waals surface area (Å²) in [6.45, 7) is 2.21. The summed E-state index contributed by atoms with van der Waals surface area (Å²) in [6, 6.07) is 12.0. The van der Waals surface area contributed by atoms with E-state index in [4.69, 9.17) is 0 Å². The molecule has 0 spiro atoms. The Labute approximate surface area is 127 Å². The van der Waals surface area contributed by atoms with Crippen molar-refractivity contribution in [2.75, 3.05) is 11.9 Å². The van der Waals surface area contributed by atoms with Gasteiger partial charge in [0.25, 0.3) is 5.56 Å². The largest absolute Gasteiger partial charge is 0.355 e. The lowest BCUT2D eigenvalue weighted by atomic mass is 10.1. The summed E-state index contributed by atoms with van der Waals surface area (Å²) in [4.78, 5) is 18.4. The number of rotatable bonds is 3. The first-order chi connectivity index (χ1) is 10.5. The van der Waals surface area contributed by atoms with E-state index in [1.807, 2.05) is 24.1 Å². The molecule has 0 bridgehead atoms. The summed E-state index contributed by atoms with van der Waals surface area (Å²) in [5.41, 5.74) is 1.91. The summed E-state index contributed by atoms with van der Waals surface area (Å²) in [7, 11) is 1.83. The van der Waals surface area contributed by atoms with Crippen LogP contribution in [0.4, 0.5) is 10.2 Å². The summed E-state index contributed by atoms with van der Waals surface area (Å²) in [5.74, 6) is 0.342. The molecule has 3 rings (SSSR count). The van der Waals surface area contributed by atoms with Crippen molar-refractivity contribution in [2.45, 2.75) is 13.5 Å². The monoisotopic (exact) mass is 297 g/mol. The van der Waals surface area contributed by atoms with E-state index in [0.717, 1.165) is 5.56 Å². The maximum Gasteiger partial charge on any atom is 0.259 e. The van der Waals surface area contributed by atoms with Gasteiger partial charge in [0.1, 0.15) is 17.3 Å². The van der Waals surface area contributed by atoms with Crippen LogP contribution in [0.2, 0.25) is 0 Å². The molecule has 0 atom stereocenters. The van der Waals surface area contributed by atoms with Gasteiger partial charge in [-0.25, -0.2) is 9.37 Å². The average Bonchev–Trinajstić information content (AvgIpc) is 2.51. The normalized spacial score (nSPS) is 10.9. The molecule has 2 heterocycles. The molecule has 3 aromatic rings. The number of aryl methyl sites for hydroxylation is 1. The predicted molar refractivity (Wildman–Crippen MR) is 84.7 cm³/mol. The van der Waals surface area contributed by atoms with Crippen molar-refractivity contribution in [1.82, 2.24) is 9.38 Å². The number of benzene rings is 1. The number of nitrogens with zero attached hydrogens (tertiary/aromatic N) is 3. The highest BCUT2D eigenvalue weighted by Gasteiger charge is 2.08. The molecule has 0 N–H and O–H groups in total. The Morgan fingerprint density at radius 2 is 2.05 bits per heavy atom. The molecular formula is C17H16FN3O. The fraction of sp³-hybridized carbons (Fsp3) is 0.176. The summed E-state index contributed by atoms with van der Waals surface area (Å²) < 4.78 is 15.1. The molecule has 0 aliphatic rings. The first-order valence-electron chi connectivity index (χ1n) is 6.99. The van der Waals surface area contributed by atoms with Crippen LogP contribution in [0.1, 0.15) is 11.1 Å². The number of hydrogen-bond donors (Lipinski definition) is 0. The summed E-state index contributed by atoms with van der Waals surface area (Å²) in [6.07, 6.45) is 1.68. The first kappa shape index (κ1) is 14.3. The van der Waals surface area contributed by atoms with Gasteiger partial charge in [-0.3, -0.25) is 9.20 Å². The van der Waals surface area contributed by atoms with E-state index >= 15 is 0 Å². The molecule has 0 amide bonds. The number of halogens is 1. The first-order valence-corrected chi connectivity index (χ1v) is 6.99. The maximum absolute atomic E-state index is 13.6. The van der Waals surface area contributed by atoms with E-state index in [-0.39, 0.29) is 11.4 Å². The maximum atomic E-state index is 13.6. The number of aromatic nitrogens is 2. The fourth-order valence-electron chi connectivity index (χ4n) is 2.33. The molecule has 0 radical (unpaired) electrons. The second-order valence-electron chi connectivity index (χ2n) is 5.32. The topological polar surface area (TPSA) is 37.6 Å². The highest BCUT2D eigenvalue weighted by Crippen LogP contribution is 2.15. The Hall–Kier alpha value is -2.69. The van der Waals surface area contributed by atoms with Gasteiger partial charge in [0, 0.05) is 25.9 Å². The van der Waals surface area contributed by atoms with Gasteiger partial charge in [0.15, 0.2) is 0 Å². The molecule has 0 fully saturated rings. The van der Waals surface area contributed by atoms with Crippen molar-refractivity contribution < 1.29 is 4.39 Å². The van der Waals surface area contributed by atoms with Gasteiger partial charge in [-0.15, -0.1) is 0 Å². The minimum absolute atomic E-state index is 0.137. The third kappa shape index (κ3) is 2.70. The van der Waals surface area contributed by atoms with E-state index in [0.29, 0.717) is 23.6 Å². The Morgan fingerprint density at radius 3 is 2.82 bits per heavy atom. The van der Waals surface area contributed by atoms with Crippen LogP contribution < -0.4 is 10.5 Å². The van der Waals surface area contributed by atoms with Crippen molar-refractivity contribution in [2.24, 2.45) is 0 Å². The number of fused-ring (bicyclic) bond motifs is 1. The van der Waals surface area contributed by atoms with Gasteiger partial charge < -0.3 is 4.90 Å². The second-order valence-corrected chi connectivity index (χ2v) is 5.32. The predicted octanol–water partition coefficient (Wildman–Crippen LogP) is 2.78. The standard InChI is InChI=1S/C17H16FN3O/c1-12-6-7-13(9-14(12)18)11-20(2)16-10-17(22)21-8-4-3-5-15(21)19-16/h3-10H,11H2,1-2H3. The van der Waals surface area contributed by atoms with Crippen molar-refractivity contribution in [1.29, 1.82) is 0 Å². The van der Waals surface area contributed by atoms with Gasteiger partial charge in [-0.1, -0.05) is 18.2 Å². The minimum Gasteiger partial charge on any atom is -0.355 e. The van der Waals surface area contributed by atoms with Crippen LogP contribution in [0.15, 0.2) is 53.5 Å². The highest BCUT2D eigenvalue weighted by molar-refractivity contribution is 5.48. The Kier molecular flexibility index (Phi) is 3.63. The molecule has 0 saturated carbocycles. The summed E-state index contributed by atoms with van der Waals surface area (Å²) >= 11 is 0. The van der Waals surface area contributed by atoms with E-state index in [2.05, 4.69) is 4.98 Å². The van der Waals surface area contributed by atoms with Crippen molar-refractivity contribution in [3.63, 3.8) is 0 Å². The molecule has 0 unspecified atom stereocenters. The van der Waals surface area contributed by atoms with Crippen LogP contribution >= 0.6 is 0 Å². The molecule has 112 valence electrons. The van der Waals surface area contributed by atoms with Gasteiger partial charge in [-0.05, 0) is 36.2 Å². The van der Waals surface area contributed by atoms with E-state index in [9.17, 15) is 9.18 Å². The van der Waals surface area contributed by atoms with Crippen LogP contribution in [0, 0.1) is 12.7 Å². The lowest BCUT2D eigenvalue weighted by molar-refractivity contribution is 0.615. The lowest BCUT2D eigenvalue weighted by Gasteiger charge is -2.18. The van der Waals surface area contributed by atoms with E-state index in [1.54, 1.807) is 31.3 Å². The summed E-state index contributed by atoms with van der Waals surface area (Å²) in [5, 5.41) is 0. The molecule has 0 aliphatic heterocycles. The smallest absolute Gasteiger partial charge is 0.259 e. The molecule has 0 aliphatic carbocycles. The van der Waals surface area contributed by atoms with Crippen LogP contribution in [0.3, 0.4) is 0 Å². The molecular weight excluding hydrogens is 281 g/mol. The average molecular weight is 297 g/mol.